The molecule has 0 aliphatic rings. The lowest BCUT2D eigenvalue weighted by Gasteiger charge is -2.05. The first-order valence-corrected chi connectivity index (χ1v) is 6.25. The number of benzene rings is 1. The summed E-state index contributed by atoms with van der Waals surface area (Å²) in [6.07, 6.45) is 1.49. The molecule has 0 saturated heterocycles. The van der Waals surface area contributed by atoms with Gasteiger partial charge in [0.25, 0.3) is 11.8 Å². The SMILES string of the molecule is CNC(=O)c1ccc(CNC(=O)c2occc2C)cc1. The van der Waals surface area contributed by atoms with E-state index < -0.39 is 0 Å². The summed E-state index contributed by atoms with van der Waals surface area (Å²) in [4.78, 5) is 23.2. The van der Waals surface area contributed by atoms with Crippen molar-refractivity contribution in [1.29, 1.82) is 0 Å². The van der Waals surface area contributed by atoms with E-state index in [1.54, 1.807) is 37.4 Å². The van der Waals surface area contributed by atoms with Crippen LogP contribution in [0.4, 0.5) is 0 Å². The Balaban J connectivity index is 1.96. The number of hydrogen-bond donors (Lipinski definition) is 2. The van der Waals surface area contributed by atoms with Crippen LogP contribution in [0, 0.1) is 6.92 Å². The summed E-state index contributed by atoms with van der Waals surface area (Å²) < 4.78 is 5.11. The van der Waals surface area contributed by atoms with Gasteiger partial charge >= 0.3 is 0 Å². The van der Waals surface area contributed by atoms with Crippen molar-refractivity contribution in [1.82, 2.24) is 10.6 Å². The molecule has 0 spiro atoms. The quantitative estimate of drug-likeness (QED) is 0.892. The van der Waals surface area contributed by atoms with Crippen molar-refractivity contribution < 1.29 is 14.0 Å². The number of amides is 2. The minimum absolute atomic E-state index is 0.133. The van der Waals surface area contributed by atoms with Crippen LogP contribution in [0.3, 0.4) is 0 Å². The van der Waals surface area contributed by atoms with Crippen LogP contribution in [0.1, 0.15) is 32.0 Å². The molecule has 20 heavy (non-hydrogen) atoms. The maximum absolute atomic E-state index is 11.9. The predicted octanol–water partition coefficient (Wildman–Crippen LogP) is 1.88. The van der Waals surface area contributed by atoms with Crippen LogP contribution in [0.5, 0.6) is 0 Å². The highest BCUT2D eigenvalue weighted by molar-refractivity contribution is 5.94. The Bertz CT molecular complexity index is 614. The molecule has 5 heteroatoms. The van der Waals surface area contributed by atoms with Crippen LogP contribution in [0.25, 0.3) is 0 Å². The van der Waals surface area contributed by atoms with Gasteiger partial charge in [-0.1, -0.05) is 12.1 Å². The first kappa shape index (κ1) is 13.9. The molecular formula is C15H16N2O3. The van der Waals surface area contributed by atoms with Gasteiger partial charge in [-0.15, -0.1) is 0 Å². The zero-order valence-electron chi connectivity index (χ0n) is 11.4. The monoisotopic (exact) mass is 272 g/mol. The average Bonchev–Trinajstić information content (AvgIpc) is 2.90. The van der Waals surface area contributed by atoms with Gasteiger partial charge in [0.15, 0.2) is 5.76 Å². The molecule has 0 atom stereocenters. The lowest BCUT2D eigenvalue weighted by Crippen LogP contribution is -2.23. The summed E-state index contributed by atoms with van der Waals surface area (Å²) in [6, 6.07) is 8.80. The van der Waals surface area contributed by atoms with Crippen molar-refractivity contribution in [3.8, 4) is 0 Å². The molecule has 2 amide bonds. The fraction of sp³-hybridized carbons (Fsp3) is 0.200. The summed E-state index contributed by atoms with van der Waals surface area (Å²) in [5, 5.41) is 5.33. The van der Waals surface area contributed by atoms with E-state index in [-0.39, 0.29) is 11.8 Å². The Kier molecular flexibility index (Phi) is 4.20. The molecule has 1 aromatic heterocycles. The second-order valence-electron chi connectivity index (χ2n) is 4.39. The molecular weight excluding hydrogens is 256 g/mol. The van der Waals surface area contributed by atoms with Crippen molar-refractivity contribution >= 4 is 11.8 Å². The van der Waals surface area contributed by atoms with E-state index in [0.29, 0.717) is 17.9 Å². The summed E-state index contributed by atoms with van der Waals surface area (Å²) in [6.45, 7) is 2.20. The molecule has 2 aromatic rings. The molecule has 0 unspecified atom stereocenters. The van der Waals surface area contributed by atoms with Gasteiger partial charge in [0.1, 0.15) is 0 Å². The van der Waals surface area contributed by atoms with Crippen molar-refractivity contribution in [2.45, 2.75) is 13.5 Å². The lowest BCUT2D eigenvalue weighted by molar-refractivity contribution is 0.0920. The predicted molar refractivity (Wildman–Crippen MR) is 74.4 cm³/mol. The minimum atomic E-state index is -0.247. The highest BCUT2D eigenvalue weighted by atomic mass is 16.3. The van der Waals surface area contributed by atoms with E-state index in [2.05, 4.69) is 10.6 Å². The number of nitrogens with one attached hydrogen (secondary N) is 2. The number of carbonyl (C=O) groups excluding carboxylic acids is 2. The third-order valence-electron chi connectivity index (χ3n) is 2.96. The lowest BCUT2D eigenvalue weighted by atomic mass is 10.1. The fourth-order valence-corrected chi connectivity index (χ4v) is 1.79. The average molecular weight is 272 g/mol. The van der Waals surface area contributed by atoms with Crippen LogP contribution < -0.4 is 10.6 Å². The van der Waals surface area contributed by atoms with E-state index >= 15 is 0 Å². The van der Waals surface area contributed by atoms with E-state index in [0.717, 1.165) is 11.1 Å². The van der Waals surface area contributed by atoms with Gasteiger partial charge < -0.3 is 15.1 Å². The first-order valence-electron chi connectivity index (χ1n) is 6.25. The number of carbonyl (C=O) groups is 2. The van der Waals surface area contributed by atoms with E-state index in [9.17, 15) is 9.59 Å². The Morgan fingerprint density at radius 3 is 2.35 bits per heavy atom. The summed E-state index contributed by atoms with van der Waals surface area (Å²) in [5.41, 5.74) is 2.30. The zero-order valence-corrected chi connectivity index (χ0v) is 11.4. The van der Waals surface area contributed by atoms with Gasteiger partial charge in [-0.05, 0) is 30.7 Å². The van der Waals surface area contributed by atoms with Crippen molar-refractivity contribution in [2.24, 2.45) is 0 Å². The van der Waals surface area contributed by atoms with Crippen molar-refractivity contribution in [3.05, 3.63) is 59.0 Å². The second kappa shape index (κ2) is 6.06. The standard InChI is InChI=1S/C15H16N2O3/c1-10-7-8-20-13(10)15(19)17-9-11-3-5-12(6-4-11)14(18)16-2/h3-8H,9H2,1-2H3,(H,16,18)(H,17,19). The van der Waals surface area contributed by atoms with Gasteiger partial charge in [0, 0.05) is 24.7 Å². The third-order valence-corrected chi connectivity index (χ3v) is 2.96. The molecule has 0 fully saturated rings. The van der Waals surface area contributed by atoms with Crippen LogP contribution in [-0.4, -0.2) is 18.9 Å². The van der Waals surface area contributed by atoms with E-state index in [4.69, 9.17) is 4.42 Å². The Labute approximate surface area is 117 Å². The van der Waals surface area contributed by atoms with Crippen LogP contribution in [-0.2, 0) is 6.54 Å². The highest BCUT2D eigenvalue weighted by Gasteiger charge is 2.11. The number of rotatable bonds is 4. The summed E-state index contributed by atoms with van der Waals surface area (Å²) in [5.74, 6) is -0.0540. The van der Waals surface area contributed by atoms with Crippen LogP contribution in [0.2, 0.25) is 0 Å². The molecule has 0 aliphatic carbocycles. The molecule has 0 bridgehead atoms. The third kappa shape index (κ3) is 3.06. The number of hydrogen-bond acceptors (Lipinski definition) is 3. The normalized spacial score (nSPS) is 10.1. The molecule has 104 valence electrons. The van der Waals surface area contributed by atoms with E-state index in [1.165, 1.54) is 6.26 Å². The van der Waals surface area contributed by atoms with Gasteiger partial charge in [-0.25, -0.2) is 0 Å². The van der Waals surface area contributed by atoms with E-state index in [1.807, 2.05) is 6.92 Å². The minimum Gasteiger partial charge on any atom is -0.459 e. The largest absolute Gasteiger partial charge is 0.459 e. The topological polar surface area (TPSA) is 71.3 Å². The molecule has 5 nitrogen and oxygen atoms in total. The zero-order chi connectivity index (χ0) is 14.5. The number of aryl methyl sites for hydroxylation is 1. The summed E-state index contributed by atoms with van der Waals surface area (Å²) in [7, 11) is 1.59. The Hall–Kier alpha value is -2.56. The molecule has 2 rings (SSSR count). The Morgan fingerprint density at radius 1 is 1.10 bits per heavy atom. The molecule has 1 aromatic carbocycles. The van der Waals surface area contributed by atoms with Gasteiger partial charge in [0.05, 0.1) is 6.26 Å². The second-order valence-corrected chi connectivity index (χ2v) is 4.39. The van der Waals surface area contributed by atoms with Crippen LogP contribution in [0.15, 0.2) is 41.0 Å². The van der Waals surface area contributed by atoms with Crippen LogP contribution >= 0.6 is 0 Å². The first-order chi connectivity index (χ1) is 9.61. The Morgan fingerprint density at radius 2 is 1.80 bits per heavy atom. The van der Waals surface area contributed by atoms with Gasteiger partial charge in [0.2, 0.25) is 0 Å². The maximum atomic E-state index is 11.9. The van der Waals surface area contributed by atoms with Gasteiger partial charge in [-0.2, -0.15) is 0 Å². The maximum Gasteiger partial charge on any atom is 0.287 e. The smallest absolute Gasteiger partial charge is 0.287 e. The van der Waals surface area contributed by atoms with Gasteiger partial charge in [-0.3, -0.25) is 9.59 Å². The molecule has 0 saturated carbocycles. The highest BCUT2D eigenvalue weighted by Crippen LogP contribution is 2.09. The number of furan rings is 1. The van der Waals surface area contributed by atoms with Crippen molar-refractivity contribution in [2.75, 3.05) is 7.05 Å². The summed E-state index contributed by atoms with van der Waals surface area (Å²) >= 11 is 0. The van der Waals surface area contributed by atoms with Crippen molar-refractivity contribution in [3.63, 3.8) is 0 Å². The molecule has 0 aliphatic heterocycles. The molecule has 0 radical (unpaired) electrons. The molecule has 1 heterocycles. The molecule has 2 N–H and O–H groups in total. The fourth-order valence-electron chi connectivity index (χ4n) is 1.79.